The van der Waals surface area contributed by atoms with Gasteiger partial charge in [0, 0.05) is 17.4 Å². The number of hydrogen-bond donors (Lipinski definition) is 2. The highest BCUT2D eigenvalue weighted by Gasteiger charge is 2.11. The quantitative estimate of drug-likeness (QED) is 0.654. The minimum atomic E-state index is -1.07. The zero-order chi connectivity index (χ0) is 20.1. The number of carbonyl (C=O) groups excluding carboxylic acids is 2. The van der Waals surface area contributed by atoms with Gasteiger partial charge in [0.2, 0.25) is 0 Å². The minimum Gasteiger partial charge on any atom is -0.465 e. The predicted octanol–water partition coefficient (Wildman–Crippen LogP) is 3.54. The number of benzene rings is 2. The largest absolute Gasteiger partial charge is 0.465 e. The van der Waals surface area contributed by atoms with Gasteiger partial charge in [0.15, 0.2) is 11.6 Å². The van der Waals surface area contributed by atoms with E-state index in [0.29, 0.717) is 17.1 Å². The molecule has 0 bridgehead atoms. The van der Waals surface area contributed by atoms with Crippen LogP contribution in [0.15, 0.2) is 54.9 Å². The average Bonchev–Trinajstić information content (AvgIpc) is 2.71. The Labute approximate surface area is 158 Å². The Morgan fingerprint density at radius 3 is 2.46 bits per heavy atom. The molecule has 0 saturated heterocycles. The number of methoxy groups -OCH3 is 1. The van der Waals surface area contributed by atoms with Crippen LogP contribution in [0, 0.1) is 11.6 Å². The summed E-state index contributed by atoms with van der Waals surface area (Å²) in [6.07, 6.45) is 2.55. The van der Waals surface area contributed by atoms with Gasteiger partial charge in [-0.2, -0.15) is 0 Å². The van der Waals surface area contributed by atoms with Crippen molar-refractivity contribution in [3.63, 3.8) is 0 Å². The second-order valence-corrected chi connectivity index (χ2v) is 5.57. The first kappa shape index (κ1) is 18.9. The maximum absolute atomic E-state index is 13.2. The summed E-state index contributed by atoms with van der Waals surface area (Å²) in [6.45, 7) is 0. The zero-order valence-electron chi connectivity index (χ0n) is 14.6. The van der Waals surface area contributed by atoms with Crippen LogP contribution in [0.4, 0.5) is 26.0 Å². The molecule has 1 amide bonds. The number of aromatic nitrogens is 2. The number of nitrogens with one attached hydrogen (secondary N) is 2. The van der Waals surface area contributed by atoms with Gasteiger partial charge in [0.05, 0.1) is 25.1 Å². The molecule has 0 spiro atoms. The Kier molecular flexibility index (Phi) is 5.54. The monoisotopic (exact) mass is 384 g/mol. The van der Waals surface area contributed by atoms with Crippen molar-refractivity contribution >= 4 is 29.1 Å². The number of rotatable bonds is 5. The van der Waals surface area contributed by atoms with E-state index < -0.39 is 23.5 Å². The van der Waals surface area contributed by atoms with Crippen molar-refractivity contribution in [1.29, 1.82) is 0 Å². The third kappa shape index (κ3) is 4.44. The minimum absolute atomic E-state index is 0.0152. The lowest BCUT2D eigenvalue weighted by molar-refractivity contribution is 0.0600. The molecule has 7 nitrogen and oxygen atoms in total. The van der Waals surface area contributed by atoms with Gasteiger partial charge in [0.1, 0.15) is 11.5 Å². The van der Waals surface area contributed by atoms with Gasteiger partial charge in [-0.25, -0.2) is 23.5 Å². The fraction of sp³-hybridized carbons (Fsp3) is 0.0526. The Balaban J connectivity index is 1.68. The molecule has 3 aromatic rings. The van der Waals surface area contributed by atoms with E-state index in [1.165, 1.54) is 25.6 Å². The fourth-order valence-electron chi connectivity index (χ4n) is 2.27. The molecule has 142 valence electrons. The van der Waals surface area contributed by atoms with Crippen molar-refractivity contribution < 1.29 is 23.1 Å². The van der Waals surface area contributed by atoms with E-state index >= 15 is 0 Å². The molecule has 2 N–H and O–H groups in total. The molecule has 0 radical (unpaired) electrons. The normalized spacial score (nSPS) is 10.2. The molecule has 0 saturated carbocycles. The lowest BCUT2D eigenvalue weighted by Gasteiger charge is -2.08. The van der Waals surface area contributed by atoms with Crippen LogP contribution in [0.3, 0.4) is 0 Å². The van der Waals surface area contributed by atoms with E-state index in [4.69, 9.17) is 0 Å². The van der Waals surface area contributed by atoms with Crippen molar-refractivity contribution in [2.75, 3.05) is 17.7 Å². The number of amides is 1. The van der Waals surface area contributed by atoms with Crippen LogP contribution in [-0.4, -0.2) is 29.0 Å². The first-order chi connectivity index (χ1) is 13.5. The van der Waals surface area contributed by atoms with Crippen LogP contribution in [0.2, 0.25) is 0 Å². The topological polar surface area (TPSA) is 93.2 Å². The highest BCUT2D eigenvalue weighted by atomic mass is 19.2. The number of anilines is 3. The predicted molar refractivity (Wildman–Crippen MR) is 97.4 cm³/mol. The summed E-state index contributed by atoms with van der Waals surface area (Å²) in [5.41, 5.74) is 1.02. The number of nitrogens with zero attached hydrogens (tertiary/aromatic N) is 2. The molecule has 0 unspecified atom stereocenters. The molecule has 9 heteroatoms. The van der Waals surface area contributed by atoms with E-state index in [0.717, 1.165) is 12.1 Å². The molecule has 2 aromatic carbocycles. The molecule has 28 heavy (non-hydrogen) atoms. The van der Waals surface area contributed by atoms with Gasteiger partial charge in [0.25, 0.3) is 5.91 Å². The van der Waals surface area contributed by atoms with Crippen LogP contribution < -0.4 is 10.6 Å². The van der Waals surface area contributed by atoms with Crippen LogP contribution in [0.5, 0.6) is 0 Å². The Morgan fingerprint density at radius 1 is 0.964 bits per heavy atom. The molecular weight excluding hydrogens is 370 g/mol. The third-order valence-corrected chi connectivity index (χ3v) is 3.62. The first-order valence-corrected chi connectivity index (χ1v) is 8.00. The smallest absolute Gasteiger partial charge is 0.337 e. The Bertz CT molecular complexity index is 1030. The van der Waals surface area contributed by atoms with Gasteiger partial charge >= 0.3 is 5.97 Å². The van der Waals surface area contributed by atoms with Crippen molar-refractivity contribution in [3.8, 4) is 0 Å². The third-order valence-electron chi connectivity index (χ3n) is 3.62. The van der Waals surface area contributed by atoms with Gasteiger partial charge in [-0.15, -0.1) is 0 Å². The molecule has 0 aliphatic rings. The number of carbonyl (C=O) groups is 2. The van der Waals surface area contributed by atoms with Crippen molar-refractivity contribution in [2.45, 2.75) is 0 Å². The summed E-state index contributed by atoms with van der Waals surface area (Å²) in [6, 6.07) is 9.58. The highest BCUT2D eigenvalue weighted by molar-refractivity contribution is 6.02. The second kappa shape index (κ2) is 8.21. The maximum Gasteiger partial charge on any atom is 0.337 e. The molecule has 0 atom stereocenters. The van der Waals surface area contributed by atoms with Gasteiger partial charge < -0.3 is 15.4 Å². The van der Waals surface area contributed by atoms with Gasteiger partial charge in [-0.3, -0.25) is 4.79 Å². The number of esters is 1. The summed E-state index contributed by atoms with van der Waals surface area (Å²) in [5, 5.41) is 5.35. The summed E-state index contributed by atoms with van der Waals surface area (Å²) in [4.78, 5) is 31.8. The SMILES string of the molecule is COC(=O)c1cccc(Nc2cnc(C(=O)Nc3ccc(F)c(F)c3)cn2)c1. The van der Waals surface area contributed by atoms with Crippen molar-refractivity contribution in [3.05, 3.63) is 77.8 Å². The number of ether oxygens (including phenoxy) is 1. The fourth-order valence-corrected chi connectivity index (χ4v) is 2.27. The molecule has 0 aliphatic carbocycles. The lowest BCUT2D eigenvalue weighted by Crippen LogP contribution is -2.14. The number of halogens is 2. The Morgan fingerprint density at radius 2 is 1.79 bits per heavy atom. The molecule has 0 aliphatic heterocycles. The summed E-state index contributed by atoms with van der Waals surface area (Å²) >= 11 is 0. The van der Waals surface area contributed by atoms with Crippen molar-refractivity contribution in [1.82, 2.24) is 9.97 Å². The van der Waals surface area contributed by atoms with Gasteiger partial charge in [-0.1, -0.05) is 6.07 Å². The van der Waals surface area contributed by atoms with Crippen molar-refractivity contribution in [2.24, 2.45) is 0 Å². The lowest BCUT2D eigenvalue weighted by atomic mass is 10.2. The molecule has 1 aromatic heterocycles. The van der Waals surface area contributed by atoms with E-state index in [1.807, 2.05) is 0 Å². The number of hydrogen-bond acceptors (Lipinski definition) is 6. The van der Waals surface area contributed by atoms with E-state index in [2.05, 4.69) is 25.3 Å². The summed E-state index contributed by atoms with van der Waals surface area (Å²) in [7, 11) is 1.29. The van der Waals surface area contributed by atoms with Gasteiger partial charge in [-0.05, 0) is 30.3 Å². The summed E-state index contributed by atoms with van der Waals surface area (Å²) < 4.78 is 30.8. The van der Waals surface area contributed by atoms with Crippen LogP contribution >= 0.6 is 0 Å². The highest BCUT2D eigenvalue weighted by Crippen LogP contribution is 2.17. The summed E-state index contributed by atoms with van der Waals surface area (Å²) in [5.74, 6) is -2.84. The van der Waals surface area contributed by atoms with E-state index in [1.54, 1.807) is 24.3 Å². The molecular formula is C19H14F2N4O3. The standard InChI is InChI=1S/C19H14F2N4O3/c1-28-19(27)11-3-2-4-12(7-11)24-17-10-22-16(9-23-17)18(26)25-13-5-6-14(20)15(21)8-13/h2-10H,1H3,(H,23,24)(H,25,26). The molecule has 0 fully saturated rings. The average molecular weight is 384 g/mol. The van der Waals surface area contributed by atoms with Crippen LogP contribution in [0.1, 0.15) is 20.8 Å². The molecule has 1 heterocycles. The second-order valence-electron chi connectivity index (χ2n) is 5.57. The van der Waals surface area contributed by atoms with E-state index in [9.17, 15) is 18.4 Å². The first-order valence-electron chi connectivity index (χ1n) is 8.00. The Hall–Kier alpha value is -3.88. The molecule has 3 rings (SSSR count). The zero-order valence-corrected chi connectivity index (χ0v) is 14.6. The van der Waals surface area contributed by atoms with E-state index in [-0.39, 0.29) is 11.4 Å². The maximum atomic E-state index is 13.2. The van der Waals surface area contributed by atoms with Crippen LogP contribution in [0.25, 0.3) is 0 Å². The van der Waals surface area contributed by atoms with Crippen LogP contribution in [-0.2, 0) is 4.74 Å².